The predicted molar refractivity (Wildman–Crippen MR) is 89.1 cm³/mol. The van der Waals surface area contributed by atoms with E-state index in [0.29, 0.717) is 5.69 Å². The lowest BCUT2D eigenvalue weighted by atomic mass is 10.3. The summed E-state index contributed by atoms with van der Waals surface area (Å²) in [5.74, 6) is 0.333. The Balaban J connectivity index is 1.64. The number of hydrogen-bond acceptors (Lipinski definition) is 5. The highest BCUT2D eigenvalue weighted by molar-refractivity contribution is 5.91. The number of nitrogens with zero attached hydrogens (tertiary/aromatic N) is 4. The highest BCUT2D eigenvalue weighted by Gasteiger charge is 2.17. The maximum atomic E-state index is 11.3. The Labute approximate surface area is 135 Å². The Kier molecular flexibility index (Phi) is 4.83. The van der Waals surface area contributed by atoms with Crippen LogP contribution in [0.15, 0.2) is 42.6 Å². The van der Waals surface area contributed by atoms with Crippen molar-refractivity contribution in [3.8, 4) is 0 Å². The molecule has 23 heavy (non-hydrogen) atoms. The van der Waals surface area contributed by atoms with E-state index < -0.39 is 5.91 Å². The van der Waals surface area contributed by atoms with Crippen molar-refractivity contribution in [2.24, 2.45) is 5.73 Å². The van der Waals surface area contributed by atoms with Crippen molar-refractivity contribution < 1.29 is 4.79 Å². The normalized spacial score (nSPS) is 16.1. The predicted octanol–water partition coefficient (Wildman–Crippen LogP) is 1.29. The molecule has 120 valence electrons. The van der Waals surface area contributed by atoms with E-state index in [9.17, 15) is 4.79 Å². The molecule has 0 radical (unpaired) electrons. The van der Waals surface area contributed by atoms with E-state index in [2.05, 4.69) is 25.8 Å². The number of amides is 1. The van der Waals surface area contributed by atoms with Crippen LogP contribution in [0.25, 0.3) is 0 Å². The van der Waals surface area contributed by atoms with Gasteiger partial charge in [0.2, 0.25) is 0 Å². The first-order valence-electron chi connectivity index (χ1n) is 7.86. The molecular weight excluding hydrogens is 290 g/mol. The van der Waals surface area contributed by atoms with Gasteiger partial charge in [-0.1, -0.05) is 12.1 Å². The number of nitrogens with two attached hydrogens (primary N) is 1. The standard InChI is InChI=1S/C17H21N5O/c18-17(23)15-6-3-7-16(20-15)22-10-4-9-21(11-12-22)13-14-5-1-2-8-19-14/h1-3,5-8H,4,9-13H2,(H2,18,23). The Morgan fingerprint density at radius 3 is 2.78 bits per heavy atom. The molecule has 0 saturated carbocycles. The fraction of sp³-hybridized carbons (Fsp3) is 0.353. The number of pyridine rings is 2. The van der Waals surface area contributed by atoms with Crippen molar-refractivity contribution in [3.63, 3.8) is 0 Å². The summed E-state index contributed by atoms with van der Waals surface area (Å²) in [6, 6.07) is 11.4. The van der Waals surface area contributed by atoms with Gasteiger partial charge < -0.3 is 10.6 Å². The average molecular weight is 311 g/mol. The second-order valence-corrected chi connectivity index (χ2v) is 5.68. The minimum Gasteiger partial charge on any atom is -0.364 e. The molecule has 0 aliphatic carbocycles. The van der Waals surface area contributed by atoms with Gasteiger partial charge in [-0.15, -0.1) is 0 Å². The molecule has 1 aliphatic rings. The van der Waals surface area contributed by atoms with E-state index in [-0.39, 0.29) is 0 Å². The van der Waals surface area contributed by atoms with Crippen molar-refractivity contribution in [2.45, 2.75) is 13.0 Å². The summed E-state index contributed by atoms with van der Waals surface area (Å²) >= 11 is 0. The van der Waals surface area contributed by atoms with Crippen molar-refractivity contribution in [2.75, 3.05) is 31.1 Å². The van der Waals surface area contributed by atoms with Crippen molar-refractivity contribution in [1.29, 1.82) is 0 Å². The van der Waals surface area contributed by atoms with E-state index >= 15 is 0 Å². The van der Waals surface area contributed by atoms with Crippen LogP contribution in [-0.2, 0) is 6.54 Å². The molecule has 1 saturated heterocycles. The van der Waals surface area contributed by atoms with Gasteiger partial charge in [-0.3, -0.25) is 14.7 Å². The lowest BCUT2D eigenvalue weighted by Gasteiger charge is -2.22. The molecule has 2 aromatic heterocycles. The number of anilines is 1. The van der Waals surface area contributed by atoms with Crippen molar-refractivity contribution >= 4 is 11.7 Å². The van der Waals surface area contributed by atoms with Gasteiger partial charge in [0.05, 0.1) is 5.69 Å². The van der Waals surface area contributed by atoms with E-state index in [1.54, 1.807) is 6.07 Å². The van der Waals surface area contributed by atoms with Gasteiger partial charge in [0.25, 0.3) is 5.91 Å². The molecule has 6 nitrogen and oxygen atoms in total. The lowest BCUT2D eigenvalue weighted by molar-refractivity contribution is 0.0995. The zero-order valence-corrected chi connectivity index (χ0v) is 13.1. The molecular formula is C17H21N5O. The molecule has 2 aromatic rings. The van der Waals surface area contributed by atoms with Crippen LogP contribution >= 0.6 is 0 Å². The Hall–Kier alpha value is -2.47. The number of carbonyl (C=O) groups excluding carboxylic acids is 1. The highest BCUT2D eigenvalue weighted by atomic mass is 16.1. The molecule has 3 rings (SSSR count). The summed E-state index contributed by atoms with van der Waals surface area (Å²) in [5.41, 5.74) is 6.73. The molecule has 0 aromatic carbocycles. The summed E-state index contributed by atoms with van der Waals surface area (Å²) < 4.78 is 0. The largest absolute Gasteiger partial charge is 0.364 e. The van der Waals surface area contributed by atoms with Crippen LogP contribution in [-0.4, -0.2) is 47.0 Å². The third-order valence-corrected chi connectivity index (χ3v) is 4.01. The fourth-order valence-electron chi connectivity index (χ4n) is 2.82. The third-order valence-electron chi connectivity index (χ3n) is 4.01. The van der Waals surface area contributed by atoms with Crippen LogP contribution in [0.4, 0.5) is 5.82 Å². The highest BCUT2D eigenvalue weighted by Crippen LogP contribution is 2.15. The maximum absolute atomic E-state index is 11.3. The summed E-state index contributed by atoms with van der Waals surface area (Å²) in [6.07, 6.45) is 2.88. The molecule has 2 N–H and O–H groups in total. The number of hydrogen-bond donors (Lipinski definition) is 1. The second kappa shape index (κ2) is 7.19. The van der Waals surface area contributed by atoms with Gasteiger partial charge in [0, 0.05) is 38.9 Å². The van der Waals surface area contributed by atoms with Crippen LogP contribution < -0.4 is 10.6 Å². The first kappa shape index (κ1) is 15.4. The van der Waals surface area contributed by atoms with E-state index in [0.717, 1.165) is 50.7 Å². The quantitative estimate of drug-likeness (QED) is 0.921. The van der Waals surface area contributed by atoms with Gasteiger partial charge in [0.1, 0.15) is 11.5 Å². The summed E-state index contributed by atoms with van der Waals surface area (Å²) in [5, 5.41) is 0. The van der Waals surface area contributed by atoms with Gasteiger partial charge >= 0.3 is 0 Å². The summed E-state index contributed by atoms with van der Waals surface area (Å²) in [7, 11) is 0. The summed E-state index contributed by atoms with van der Waals surface area (Å²) in [4.78, 5) is 24.7. The smallest absolute Gasteiger partial charge is 0.267 e. The lowest BCUT2D eigenvalue weighted by Crippen LogP contribution is -2.31. The number of primary amides is 1. The first-order chi connectivity index (χ1) is 11.2. The number of aromatic nitrogens is 2. The van der Waals surface area contributed by atoms with Crippen LogP contribution in [0.3, 0.4) is 0 Å². The molecule has 6 heteroatoms. The van der Waals surface area contributed by atoms with Gasteiger partial charge in [-0.25, -0.2) is 4.98 Å². The Bertz CT molecular complexity index is 661. The van der Waals surface area contributed by atoms with E-state index in [1.807, 2.05) is 30.5 Å². The SMILES string of the molecule is NC(=O)c1cccc(N2CCCN(Cc3ccccn3)CC2)n1. The Morgan fingerprint density at radius 2 is 2.00 bits per heavy atom. The molecule has 1 amide bonds. The molecule has 0 unspecified atom stereocenters. The van der Waals surface area contributed by atoms with E-state index in [1.165, 1.54) is 0 Å². The third kappa shape index (κ3) is 4.04. The summed E-state index contributed by atoms with van der Waals surface area (Å²) in [6.45, 7) is 4.64. The molecule has 1 aliphatic heterocycles. The fourth-order valence-corrected chi connectivity index (χ4v) is 2.82. The number of carbonyl (C=O) groups is 1. The van der Waals surface area contributed by atoms with Crippen LogP contribution in [0, 0.1) is 0 Å². The average Bonchev–Trinajstić information content (AvgIpc) is 2.81. The molecule has 3 heterocycles. The topological polar surface area (TPSA) is 75.4 Å². The monoisotopic (exact) mass is 311 g/mol. The zero-order valence-electron chi connectivity index (χ0n) is 13.1. The van der Waals surface area contributed by atoms with Crippen molar-refractivity contribution in [3.05, 3.63) is 54.0 Å². The molecule has 1 fully saturated rings. The minimum atomic E-state index is -0.488. The van der Waals surface area contributed by atoms with E-state index in [4.69, 9.17) is 5.73 Å². The molecule has 0 atom stereocenters. The van der Waals surface area contributed by atoms with Crippen LogP contribution in [0.5, 0.6) is 0 Å². The van der Waals surface area contributed by atoms with Gasteiger partial charge in [-0.2, -0.15) is 0 Å². The maximum Gasteiger partial charge on any atom is 0.267 e. The zero-order chi connectivity index (χ0) is 16.1. The molecule has 0 spiro atoms. The van der Waals surface area contributed by atoms with Crippen LogP contribution in [0.1, 0.15) is 22.6 Å². The Morgan fingerprint density at radius 1 is 1.09 bits per heavy atom. The van der Waals surface area contributed by atoms with Gasteiger partial charge in [-0.05, 0) is 30.7 Å². The first-order valence-corrected chi connectivity index (χ1v) is 7.86. The minimum absolute atomic E-state index is 0.317. The van der Waals surface area contributed by atoms with Crippen molar-refractivity contribution in [1.82, 2.24) is 14.9 Å². The van der Waals surface area contributed by atoms with Gasteiger partial charge in [0.15, 0.2) is 0 Å². The van der Waals surface area contributed by atoms with Crippen LogP contribution in [0.2, 0.25) is 0 Å². The molecule has 0 bridgehead atoms. The second-order valence-electron chi connectivity index (χ2n) is 5.68. The number of rotatable bonds is 4.